The van der Waals surface area contributed by atoms with Crippen LogP contribution in [0, 0.1) is 10.1 Å². The van der Waals surface area contributed by atoms with Crippen molar-refractivity contribution >= 4 is 17.0 Å². The van der Waals surface area contributed by atoms with E-state index in [2.05, 4.69) is 10.3 Å². The maximum atomic E-state index is 10.6. The molecule has 1 aliphatic rings. The van der Waals surface area contributed by atoms with Crippen LogP contribution in [0.5, 0.6) is 0 Å². The molecule has 0 spiro atoms. The van der Waals surface area contributed by atoms with E-state index in [1.165, 1.54) is 25.0 Å². The van der Waals surface area contributed by atoms with Crippen molar-refractivity contribution in [3.05, 3.63) is 44.8 Å². The third kappa shape index (κ3) is 2.71. The fraction of sp³-hybridized carbons (Fsp3) is 0.357. The number of nitro groups is 1. The SMILES string of the molecule is O=[N+]([O-])c1ccc(-c2csc(C3CCCNC3)n2)cc1. The highest BCUT2D eigenvalue weighted by Crippen LogP contribution is 2.30. The van der Waals surface area contributed by atoms with Gasteiger partial charge in [0, 0.05) is 35.5 Å². The lowest BCUT2D eigenvalue weighted by Crippen LogP contribution is -2.28. The van der Waals surface area contributed by atoms with Gasteiger partial charge in [0.05, 0.1) is 15.6 Å². The van der Waals surface area contributed by atoms with Gasteiger partial charge in [-0.3, -0.25) is 10.1 Å². The average Bonchev–Trinajstić information content (AvgIpc) is 2.98. The maximum absolute atomic E-state index is 10.6. The van der Waals surface area contributed by atoms with Gasteiger partial charge in [0.25, 0.3) is 5.69 Å². The van der Waals surface area contributed by atoms with Gasteiger partial charge >= 0.3 is 0 Å². The van der Waals surface area contributed by atoms with E-state index < -0.39 is 0 Å². The zero-order valence-corrected chi connectivity index (χ0v) is 11.7. The first-order valence-electron chi connectivity index (χ1n) is 6.65. The van der Waals surface area contributed by atoms with E-state index in [-0.39, 0.29) is 10.6 Å². The van der Waals surface area contributed by atoms with Crippen LogP contribution in [-0.4, -0.2) is 23.0 Å². The van der Waals surface area contributed by atoms with Gasteiger partial charge in [-0.1, -0.05) is 0 Å². The Morgan fingerprint density at radius 1 is 1.35 bits per heavy atom. The molecule has 104 valence electrons. The largest absolute Gasteiger partial charge is 0.316 e. The Hall–Kier alpha value is -1.79. The number of rotatable bonds is 3. The van der Waals surface area contributed by atoms with E-state index in [4.69, 9.17) is 0 Å². The molecule has 1 aromatic heterocycles. The second-order valence-corrected chi connectivity index (χ2v) is 5.81. The summed E-state index contributed by atoms with van der Waals surface area (Å²) in [7, 11) is 0. The number of hydrogen-bond donors (Lipinski definition) is 1. The number of hydrogen-bond acceptors (Lipinski definition) is 5. The topological polar surface area (TPSA) is 68.1 Å². The molecular formula is C14H15N3O2S. The van der Waals surface area contributed by atoms with Crippen LogP contribution in [-0.2, 0) is 0 Å². The highest BCUT2D eigenvalue weighted by Gasteiger charge is 2.18. The Labute approximate surface area is 120 Å². The number of thiazole rings is 1. The van der Waals surface area contributed by atoms with Crippen molar-refractivity contribution in [1.82, 2.24) is 10.3 Å². The van der Waals surface area contributed by atoms with E-state index in [1.807, 2.05) is 5.38 Å². The molecular weight excluding hydrogens is 274 g/mol. The molecule has 0 radical (unpaired) electrons. The van der Waals surface area contributed by atoms with Crippen LogP contribution in [0.3, 0.4) is 0 Å². The quantitative estimate of drug-likeness (QED) is 0.696. The average molecular weight is 289 g/mol. The minimum absolute atomic E-state index is 0.112. The normalized spacial score (nSPS) is 18.9. The summed E-state index contributed by atoms with van der Waals surface area (Å²) in [6.07, 6.45) is 2.37. The van der Waals surface area contributed by atoms with Gasteiger partial charge in [0.15, 0.2) is 0 Å². The van der Waals surface area contributed by atoms with Crippen LogP contribution >= 0.6 is 11.3 Å². The lowest BCUT2D eigenvalue weighted by Gasteiger charge is -2.20. The van der Waals surface area contributed by atoms with E-state index in [0.717, 1.165) is 29.4 Å². The van der Waals surface area contributed by atoms with Crippen LogP contribution in [0.2, 0.25) is 0 Å². The molecule has 0 bridgehead atoms. The molecule has 1 unspecified atom stereocenters. The zero-order valence-electron chi connectivity index (χ0n) is 10.9. The third-order valence-corrected chi connectivity index (χ3v) is 4.55. The van der Waals surface area contributed by atoms with E-state index in [9.17, 15) is 10.1 Å². The van der Waals surface area contributed by atoms with Crippen LogP contribution in [0.25, 0.3) is 11.3 Å². The van der Waals surface area contributed by atoms with Crippen molar-refractivity contribution in [2.45, 2.75) is 18.8 Å². The van der Waals surface area contributed by atoms with E-state index in [0.29, 0.717) is 5.92 Å². The highest BCUT2D eigenvalue weighted by atomic mass is 32.1. The second kappa shape index (κ2) is 5.68. The molecule has 1 N–H and O–H groups in total. The predicted molar refractivity (Wildman–Crippen MR) is 79.0 cm³/mol. The standard InChI is InChI=1S/C14H15N3O2S/c18-17(19)12-5-3-10(4-6-12)13-9-20-14(16-13)11-2-1-7-15-8-11/h3-6,9,11,15H,1-2,7-8H2. The van der Waals surface area contributed by atoms with Crippen LogP contribution < -0.4 is 5.32 Å². The smallest absolute Gasteiger partial charge is 0.269 e. The second-order valence-electron chi connectivity index (χ2n) is 4.92. The van der Waals surface area contributed by atoms with E-state index >= 15 is 0 Å². The summed E-state index contributed by atoms with van der Waals surface area (Å²) >= 11 is 1.68. The molecule has 1 fully saturated rings. The lowest BCUT2D eigenvalue weighted by molar-refractivity contribution is -0.384. The zero-order chi connectivity index (χ0) is 13.9. The Morgan fingerprint density at radius 3 is 2.80 bits per heavy atom. The van der Waals surface area contributed by atoms with E-state index in [1.54, 1.807) is 23.5 Å². The monoisotopic (exact) mass is 289 g/mol. The van der Waals surface area contributed by atoms with Crippen LogP contribution in [0.1, 0.15) is 23.8 Å². The first kappa shape index (κ1) is 13.2. The van der Waals surface area contributed by atoms with Crippen molar-refractivity contribution in [2.24, 2.45) is 0 Å². The number of nitro benzene ring substituents is 1. The molecule has 0 amide bonds. The molecule has 0 saturated carbocycles. The molecule has 3 rings (SSSR count). The summed E-state index contributed by atoms with van der Waals surface area (Å²) in [5.74, 6) is 0.501. The highest BCUT2D eigenvalue weighted by molar-refractivity contribution is 7.10. The Kier molecular flexibility index (Phi) is 3.75. The summed E-state index contributed by atoms with van der Waals surface area (Å²) in [4.78, 5) is 14.9. The fourth-order valence-corrected chi connectivity index (χ4v) is 3.39. The Morgan fingerprint density at radius 2 is 2.15 bits per heavy atom. The number of nitrogens with zero attached hydrogens (tertiary/aromatic N) is 2. The number of benzene rings is 1. The predicted octanol–water partition coefficient (Wildman–Crippen LogP) is 3.19. The number of aromatic nitrogens is 1. The summed E-state index contributed by atoms with van der Waals surface area (Å²) < 4.78 is 0. The molecule has 1 saturated heterocycles. The van der Waals surface area contributed by atoms with Gasteiger partial charge in [-0.15, -0.1) is 11.3 Å². The Balaban J connectivity index is 1.80. The third-order valence-electron chi connectivity index (χ3n) is 3.54. The van der Waals surface area contributed by atoms with Crippen molar-refractivity contribution in [3.8, 4) is 11.3 Å². The van der Waals surface area contributed by atoms with Crippen molar-refractivity contribution < 1.29 is 4.92 Å². The van der Waals surface area contributed by atoms with Crippen molar-refractivity contribution in [1.29, 1.82) is 0 Å². The number of non-ortho nitro benzene ring substituents is 1. The summed E-state index contributed by atoms with van der Waals surface area (Å²) in [5, 5.41) is 17.2. The molecule has 2 aromatic rings. The van der Waals surface area contributed by atoms with Crippen molar-refractivity contribution in [3.63, 3.8) is 0 Å². The summed E-state index contributed by atoms with van der Waals surface area (Å²) in [6, 6.07) is 6.57. The molecule has 1 aromatic carbocycles. The molecule has 0 aliphatic carbocycles. The molecule has 5 nitrogen and oxygen atoms in total. The first-order valence-corrected chi connectivity index (χ1v) is 7.53. The molecule has 6 heteroatoms. The van der Waals surface area contributed by atoms with Gasteiger partial charge in [-0.2, -0.15) is 0 Å². The van der Waals surface area contributed by atoms with Crippen LogP contribution in [0.4, 0.5) is 5.69 Å². The lowest BCUT2D eigenvalue weighted by atomic mass is 10.0. The minimum atomic E-state index is -0.385. The fourth-order valence-electron chi connectivity index (χ4n) is 2.42. The van der Waals surface area contributed by atoms with Crippen LogP contribution in [0.15, 0.2) is 29.6 Å². The number of piperidine rings is 1. The first-order chi connectivity index (χ1) is 9.74. The van der Waals surface area contributed by atoms with Gasteiger partial charge in [0.2, 0.25) is 0 Å². The molecule has 1 aliphatic heterocycles. The summed E-state index contributed by atoms with van der Waals surface area (Å²) in [6.45, 7) is 2.09. The maximum Gasteiger partial charge on any atom is 0.269 e. The molecule has 20 heavy (non-hydrogen) atoms. The molecule has 2 heterocycles. The molecule has 1 atom stereocenters. The van der Waals surface area contributed by atoms with Gasteiger partial charge in [-0.25, -0.2) is 4.98 Å². The van der Waals surface area contributed by atoms with Gasteiger partial charge in [-0.05, 0) is 31.5 Å². The number of nitrogens with one attached hydrogen (secondary N) is 1. The van der Waals surface area contributed by atoms with Gasteiger partial charge < -0.3 is 5.32 Å². The Bertz CT molecular complexity index is 603. The minimum Gasteiger partial charge on any atom is -0.316 e. The van der Waals surface area contributed by atoms with Crippen molar-refractivity contribution in [2.75, 3.05) is 13.1 Å². The summed E-state index contributed by atoms with van der Waals surface area (Å²) in [5.41, 5.74) is 1.95. The van der Waals surface area contributed by atoms with Gasteiger partial charge in [0.1, 0.15) is 0 Å².